The van der Waals surface area contributed by atoms with Gasteiger partial charge in [-0.25, -0.2) is 0 Å². The number of carbonyl (C=O) groups is 1. The first-order valence-corrected chi connectivity index (χ1v) is 13.3. The van der Waals surface area contributed by atoms with Crippen LogP contribution in [-0.2, 0) is 26.2 Å². The number of hydrogen-bond acceptors (Lipinski definition) is 3. The molecule has 2 aromatic heterocycles. The summed E-state index contributed by atoms with van der Waals surface area (Å²) in [7, 11) is 0. The van der Waals surface area contributed by atoms with E-state index in [0.717, 1.165) is 56.8 Å². The van der Waals surface area contributed by atoms with E-state index in [1.54, 1.807) is 0 Å². The average Bonchev–Trinajstić information content (AvgIpc) is 3.62. The van der Waals surface area contributed by atoms with Crippen LogP contribution in [0.4, 0.5) is 11.4 Å². The Hall–Kier alpha value is -3.03. The molecule has 4 heterocycles. The first-order valence-electron chi connectivity index (χ1n) is 11.7. The summed E-state index contributed by atoms with van der Waals surface area (Å²) < 4.78 is 6.65. The second-order valence-electron chi connectivity index (χ2n) is 8.91. The van der Waals surface area contributed by atoms with Gasteiger partial charge in [-0.1, -0.05) is 31.9 Å². The zero-order valence-electron chi connectivity index (χ0n) is 19.0. The van der Waals surface area contributed by atoms with Crippen molar-refractivity contribution in [1.82, 2.24) is 9.13 Å². The van der Waals surface area contributed by atoms with E-state index < -0.39 is 0 Å². The van der Waals surface area contributed by atoms with Crippen molar-refractivity contribution in [3.8, 4) is 0 Å². The number of nitrogens with one attached hydrogen (secondary N) is 2. The molecule has 2 aliphatic rings. The number of nitrogens with zero attached hydrogens (tertiary/aromatic N) is 2. The smallest absolute Gasteiger partial charge is 0.207 e. The summed E-state index contributed by atoms with van der Waals surface area (Å²) in [5, 5.41) is 6.98. The summed E-state index contributed by atoms with van der Waals surface area (Å²) in [6.45, 7) is 2.99. The van der Waals surface area contributed by atoms with Crippen molar-refractivity contribution in [1.29, 1.82) is 0 Å². The van der Waals surface area contributed by atoms with E-state index in [2.05, 4.69) is 82.0 Å². The highest BCUT2D eigenvalue weighted by Gasteiger charge is 2.32. The third-order valence-corrected chi connectivity index (χ3v) is 7.92. The van der Waals surface area contributed by atoms with E-state index in [1.807, 2.05) is 42.5 Å². The highest BCUT2D eigenvalue weighted by atomic mass is 79.9. The van der Waals surface area contributed by atoms with Crippen LogP contribution in [0.5, 0.6) is 0 Å². The van der Waals surface area contributed by atoms with Crippen LogP contribution in [0.1, 0.15) is 34.0 Å². The lowest BCUT2D eigenvalue weighted by Gasteiger charge is -2.10. The van der Waals surface area contributed by atoms with Gasteiger partial charge in [-0.05, 0) is 84.8 Å². The summed E-state index contributed by atoms with van der Waals surface area (Å²) >= 11 is 6.96. The van der Waals surface area contributed by atoms with E-state index >= 15 is 0 Å². The first kappa shape index (κ1) is 22.4. The fourth-order valence-electron chi connectivity index (χ4n) is 5.04. The highest BCUT2D eigenvalue weighted by Crippen LogP contribution is 2.37. The number of allylic oxidation sites excluding steroid dienone is 2. The van der Waals surface area contributed by atoms with Gasteiger partial charge in [0.1, 0.15) is 0 Å². The molecule has 0 spiro atoms. The number of ketones is 1. The number of hydrogen-bond donors (Lipinski definition) is 2. The molecule has 6 rings (SSSR count). The van der Waals surface area contributed by atoms with Crippen molar-refractivity contribution in [2.24, 2.45) is 0 Å². The SMILES string of the molecule is O=C1/C(=C2\CCn3c(CNc4ccc(Br)cc4)ccc32)Cn2c(CNc3ccc(Br)cc3)ccc21. The lowest BCUT2D eigenvalue weighted by atomic mass is 10.0. The number of anilines is 2. The Kier molecular flexibility index (Phi) is 5.90. The van der Waals surface area contributed by atoms with Gasteiger partial charge < -0.3 is 19.8 Å². The van der Waals surface area contributed by atoms with E-state index in [1.165, 1.54) is 17.0 Å². The zero-order valence-corrected chi connectivity index (χ0v) is 22.2. The Morgan fingerprint density at radius 3 is 1.80 bits per heavy atom. The average molecular weight is 592 g/mol. The molecule has 0 bridgehead atoms. The van der Waals surface area contributed by atoms with Crippen LogP contribution in [0.15, 0.2) is 87.3 Å². The summed E-state index contributed by atoms with van der Waals surface area (Å²) in [4.78, 5) is 13.3. The number of Topliss-reactive ketones (excluding diaryl/α,β-unsaturated/α-hetero) is 1. The standard InChI is InChI=1S/C28H24Br2N4O/c29-18-1-5-20(6-2-18)31-15-22-9-11-26-24(13-14-33(22)26)25-17-34-23(10-12-27(34)28(25)35)16-32-21-7-3-19(30)4-8-21/h1-12,31-32H,13-17H2/b25-24+. The molecule has 2 N–H and O–H groups in total. The molecular formula is C28H24Br2N4O. The molecular weight excluding hydrogens is 568 g/mol. The van der Waals surface area contributed by atoms with Crippen molar-refractivity contribution in [2.75, 3.05) is 10.6 Å². The molecule has 4 aromatic rings. The molecule has 35 heavy (non-hydrogen) atoms. The second kappa shape index (κ2) is 9.21. The van der Waals surface area contributed by atoms with Gasteiger partial charge in [0.2, 0.25) is 5.78 Å². The van der Waals surface area contributed by atoms with Crippen LogP contribution in [0.3, 0.4) is 0 Å². The summed E-state index contributed by atoms with van der Waals surface area (Å²) in [6, 6.07) is 24.7. The second-order valence-corrected chi connectivity index (χ2v) is 10.7. The molecule has 2 aliphatic heterocycles. The van der Waals surface area contributed by atoms with Gasteiger partial charge in [0.05, 0.1) is 25.3 Å². The fourth-order valence-corrected chi connectivity index (χ4v) is 5.56. The number of aromatic nitrogens is 2. The van der Waals surface area contributed by atoms with Gasteiger partial charge in [0.15, 0.2) is 0 Å². The largest absolute Gasteiger partial charge is 0.379 e. The molecule has 2 aromatic carbocycles. The van der Waals surface area contributed by atoms with Crippen LogP contribution in [0.25, 0.3) is 5.57 Å². The third-order valence-electron chi connectivity index (χ3n) is 6.86. The molecule has 176 valence electrons. The van der Waals surface area contributed by atoms with Crippen LogP contribution in [0, 0.1) is 0 Å². The number of halogens is 2. The van der Waals surface area contributed by atoms with E-state index in [-0.39, 0.29) is 5.78 Å². The molecule has 0 aliphatic carbocycles. The number of fused-ring (bicyclic) bond motifs is 2. The van der Waals surface area contributed by atoms with Gasteiger partial charge in [-0.15, -0.1) is 0 Å². The number of carbonyl (C=O) groups excluding carboxylic acids is 1. The molecule has 0 atom stereocenters. The Morgan fingerprint density at radius 2 is 1.20 bits per heavy atom. The summed E-state index contributed by atoms with van der Waals surface area (Å²) in [5.74, 6) is 0.166. The normalized spacial score (nSPS) is 16.5. The minimum absolute atomic E-state index is 0.166. The zero-order chi connectivity index (χ0) is 23.9. The van der Waals surface area contributed by atoms with Crippen molar-refractivity contribution < 1.29 is 4.79 Å². The maximum Gasteiger partial charge on any atom is 0.207 e. The first-order chi connectivity index (χ1) is 17.1. The maximum atomic E-state index is 13.3. The van der Waals surface area contributed by atoms with Crippen LogP contribution in [0.2, 0.25) is 0 Å². The van der Waals surface area contributed by atoms with Crippen LogP contribution >= 0.6 is 31.9 Å². The maximum absolute atomic E-state index is 13.3. The molecule has 0 unspecified atom stereocenters. The molecule has 0 fully saturated rings. The predicted octanol–water partition coefficient (Wildman–Crippen LogP) is 7.09. The van der Waals surface area contributed by atoms with Gasteiger partial charge >= 0.3 is 0 Å². The van der Waals surface area contributed by atoms with Gasteiger partial charge in [-0.3, -0.25) is 4.79 Å². The highest BCUT2D eigenvalue weighted by molar-refractivity contribution is 9.10. The molecule has 0 saturated carbocycles. The summed E-state index contributed by atoms with van der Waals surface area (Å²) in [6.07, 6.45) is 0.903. The minimum atomic E-state index is 0.166. The Balaban J connectivity index is 1.19. The molecule has 0 amide bonds. The topological polar surface area (TPSA) is 51.0 Å². The minimum Gasteiger partial charge on any atom is -0.379 e. The van der Waals surface area contributed by atoms with Crippen LogP contribution in [-0.4, -0.2) is 14.9 Å². The van der Waals surface area contributed by atoms with E-state index in [4.69, 9.17) is 0 Å². The Morgan fingerprint density at radius 1 is 0.657 bits per heavy atom. The Bertz CT molecular complexity index is 1450. The monoisotopic (exact) mass is 590 g/mol. The number of rotatable bonds is 6. The van der Waals surface area contributed by atoms with Crippen molar-refractivity contribution >= 4 is 54.6 Å². The molecule has 5 nitrogen and oxygen atoms in total. The quantitative estimate of drug-likeness (QED) is 0.235. The van der Waals surface area contributed by atoms with Crippen molar-refractivity contribution in [2.45, 2.75) is 32.6 Å². The third kappa shape index (κ3) is 4.28. The predicted molar refractivity (Wildman–Crippen MR) is 148 cm³/mol. The van der Waals surface area contributed by atoms with Gasteiger partial charge in [-0.2, -0.15) is 0 Å². The lowest BCUT2D eigenvalue weighted by molar-refractivity contribution is 0.103. The molecule has 0 saturated heterocycles. The number of benzene rings is 2. The fraction of sp³-hybridized carbons (Fsp3) is 0.179. The van der Waals surface area contributed by atoms with E-state index in [0.29, 0.717) is 13.1 Å². The molecule has 0 radical (unpaired) electrons. The van der Waals surface area contributed by atoms with Gasteiger partial charge in [0, 0.05) is 49.5 Å². The van der Waals surface area contributed by atoms with Crippen molar-refractivity contribution in [3.63, 3.8) is 0 Å². The van der Waals surface area contributed by atoms with Gasteiger partial charge in [0.25, 0.3) is 0 Å². The van der Waals surface area contributed by atoms with E-state index in [9.17, 15) is 4.79 Å². The Labute approximate surface area is 221 Å². The van der Waals surface area contributed by atoms with Crippen LogP contribution < -0.4 is 10.6 Å². The van der Waals surface area contributed by atoms with Crippen molar-refractivity contribution in [3.05, 3.63) is 110 Å². The lowest BCUT2D eigenvalue weighted by Crippen LogP contribution is -2.06. The summed E-state index contributed by atoms with van der Waals surface area (Å²) in [5.41, 5.74) is 8.63. The molecule has 7 heteroatoms.